The molecule has 1 N–H and O–H groups in total. The van der Waals surface area contributed by atoms with E-state index >= 15 is 0 Å². The van der Waals surface area contributed by atoms with E-state index in [9.17, 15) is 0 Å². The van der Waals surface area contributed by atoms with E-state index in [0.29, 0.717) is 13.2 Å². The van der Waals surface area contributed by atoms with E-state index in [2.05, 4.69) is 0 Å². The van der Waals surface area contributed by atoms with Gasteiger partial charge in [0, 0.05) is 12.1 Å². The molecule has 0 fully saturated rings. The first kappa shape index (κ1) is 7.43. The Morgan fingerprint density at radius 1 is 1.25 bits per heavy atom. The van der Waals surface area contributed by atoms with Crippen LogP contribution in [0.1, 0.15) is 5.56 Å². The van der Waals surface area contributed by atoms with E-state index in [-0.39, 0.29) is 6.54 Å². The molecule has 0 saturated carbocycles. The molecule has 0 unspecified atom stereocenters. The summed E-state index contributed by atoms with van der Waals surface area (Å²) in [6.45, 7) is 1.44. The second-order valence-corrected chi connectivity index (χ2v) is 2.62. The van der Waals surface area contributed by atoms with E-state index < -0.39 is 0 Å². The number of benzene rings is 1. The van der Waals surface area contributed by atoms with E-state index in [1.165, 1.54) is 0 Å². The minimum absolute atomic E-state index is 0.243. The van der Waals surface area contributed by atoms with Gasteiger partial charge in [0.1, 0.15) is 13.2 Å². The molecule has 0 aromatic heterocycles. The lowest BCUT2D eigenvalue weighted by Gasteiger charge is -2.20. The number of ether oxygens (including phenoxy) is 2. The Morgan fingerprint density at radius 2 is 2.08 bits per heavy atom. The number of rotatable bonds is 1. The van der Waals surface area contributed by atoms with Gasteiger partial charge in [0.25, 0.3) is 0 Å². The summed E-state index contributed by atoms with van der Waals surface area (Å²) in [5, 5.41) is 0. The fourth-order valence-electron chi connectivity index (χ4n) is 1.27. The Balaban J connectivity index is 2.44. The van der Waals surface area contributed by atoms with E-state index in [4.69, 9.17) is 15.2 Å². The van der Waals surface area contributed by atoms with Gasteiger partial charge in [-0.1, -0.05) is 12.1 Å². The van der Waals surface area contributed by atoms with Crippen LogP contribution in [-0.4, -0.2) is 13.2 Å². The molecule has 0 saturated heterocycles. The first-order valence-corrected chi connectivity index (χ1v) is 3.94. The van der Waals surface area contributed by atoms with Crippen molar-refractivity contribution in [3.05, 3.63) is 23.8 Å². The van der Waals surface area contributed by atoms with Crippen LogP contribution in [0, 0.1) is 0 Å². The number of nitrogens with one attached hydrogen (secondary N) is 1. The molecule has 0 amide bonds. The van der Waals surface area contributed by atoms with Crippen molar-refractivity contribution in [2.24, 2.45) is 0 Å². The minimum Gasteiger partial charge on any atom is -0.486 e. The van der Waals surface area contributed by atoms with Gasteiger partial charge in [-0.3, -0.25) is 5.73 Å². The first-order valence-electron chi connectivity index (χ1n) is 3.94. The summed E-state index contributed by atoms with van der Waals surface area (Å²) in [5.41, 5.74) is 8.14. The molecule has 63 valence electrons. The molecule has 3 heteroatoms. The standard InChI is InChI=1S/C9H10NO2/c10-6-7-2-1-3-8-9(7)12-5-4-11-8/h1-3,10H,4-6H2. The monoisotopic (exact) mass is 164 g/mol. The Labute approximate surface area is 71.1 Å². The molecule has 2 rings (SSSR count). The molecule has 1 aliphatic rings. The second-order valence-electron chi connectivity index (χ2n) is 2.62. The van der Waals surface area contributed by atoms with Crippen LogP contribution in [0.2, 0.25) is 0 Å². The maximum absolute atomic E-state index is 7.25. The van der Waals surface area contributed by atoms with Crippen LogP contribution >= 0.6 is 0 Å². The second kappa shape index (κ2) is 3.03. The predicted octanol–water partition coefficient (Wildman–Crippen LogP) is 1.24. The van der Waals surface area contributed by atoms with Crippen LogP contribution < -0.4 is 15.2 Å². The lowest BCUT2D eigenvalue weighted by Crippen LogP contribution is -2.16. The van der Waals surface area contributed by atoms with E-state index in [0.717, 1.165) is 17.1 Å². The largest absolute Gasteiger partial charge is 0.486 e. The van der Waals surface area contributed by atoms with Gasteiger partial charge < -0.3 is 9.47 Å². The van der Waals surface area contributed by atoms with Gasteiger partial charge >= 0.3 is 0 Å². The van der Waals surface area contributed by atoms with Crippen LogP contribution in [0.3, 0.4) is 0 Å². The van der Waals surface area contributed by atoms with Crippen molar-refractivity contribution in [1.82, 2.24) is 5.73 Å². The predicted molar refractivity (Wildman–Crippen MR) is 44.2 cm³/mol. The molecule has 1 aromatic rings. The van der Waals surface area contributed by atoms with Crippen molar-refractivity contribution >= 4 is 0 Å². The van der Waals surface area contributed by atoms with Gasteiger partial charge in [-0.15, -0.1) is 0 Å². The number of fused-ring (bicyclic) bond motifs is 1. The molecule has 1 radical (unpaired) electrons. The average molecular weight is 164 g/mol. The third-order valence-electron chi connectivity index (χ3n) is 1.84. The van der Waals surface area contributed by atoms with Crippen LogP contribution in [0.15, 0.2) is 18.2 Å². The molecular formula is C9H10NO2. The molecule has 0 spiro atoms. The summed E-state index contributed by atoms with van der Waals surface area (Å²) < 4.78 is 10.8. The fourth-order valence-corrected chi connectivity index (χ4v) is 1.27. The zero-order valence-corrected chi connectivity index (χ0v) is 6.67. The van der Waals surface area contributed by atoms with Crippen molar-refractivity contribution in [1.29, 1.82) is 0 Å². The van der Waals surface area contributed by atoms with Crippen LogP contribution in [0.4, 0.5) is 0 Å². The number of hydrogen-bond donors (Lipinski definition) is 0. The van der Waals surface area contributed by atoms with Crippen molar-refractivity contribution in [3.63, 3.8) is 0 Å². The highest BCUT2D eigenvalue weighted by Gasteiger charge is 2.13. The number of para-hydroxylation sites is 1. The van der Waals surface area contributed by atoms with Gasteiger partial charge in [-0.05, 0) is 6.07 Å². The third-order valence-corrected chi connectivity index (χ3v) is 1.84. The fraction of sp³-hybridized carbons (Fsp3) is 0.333. The summed E-state index contributed by atoms with van der Waals surface area (Å²) in [6.07, 6.45) is 0. The zero-order valence-electron chi connectivity index (χ0n) is 6.67. The maximum atomic E-state index is 7.25. The highest BCUT2D eigenvalue weighted by atomic mass is 16.6. The van der Waals surface area contributed by atoms with Crippen molar-refractivity contribution < 1.29 is 9.47 Å². The van der Waals surface area contributed by atoms with Gasteiger partial charge in [0.15, 0.2) is 11.5 Å². The molecule has 12 heavy (non-hydrogen) atoms. The first-order chi connectivity index (χ1) is 5.92. The molecule has 0 atom stereocenters. The zero-order chi connectivity index (χ0) is 8.39. The average Bonchev–Trinajstić information content (AvgIpc) is 2.17. The highest BCUT2D eigenvalue weighted by Crippen LogP contribution is 2.33. The van der Waals surface area contributed by atoms with Crippen LogP contribution in [0.25, 0.3) is 0 Å². The van der Waals surface area contributed by atoms with E-state index in [1.807, 2.05) is 18.2 Å². The summed E-state index contributed by atoms with van der Waals surface area (Å²) in [5.74, 6) is 1.52. The highest BCUT2D eigenvalue weighted by molar-refractivity contribution is 5.47. The molecular weight excluding hydrogens is 154 g/mol. The molecule has 0 aliphatic carbocycles. The SMILES string of the molecule is [NH]Cc1cccc2c1OCCO2. The third kappa shape index (κ3) is 1.12. The summed E-state index contributed by atoms with van der Waals surface area (Å²) in [4.78, 5) is 0. The molecule has 0 bridgehead atoms. The lowest BCUT2D eigenvalue weighted by molar-refractivity contribution is 0.170. The Bertz CT molecular complexity index is 272. The quantitative estimate of drug-likeness (QED) is 0.626. The van der Waals surface area contributed by atoms with Gasteiger partial charge in [-0.2, -0.15) is 0 Å². The smallest absolute Gasteiger partial charge is 0.165 e. The van der Waals surface area contributed by atoms with Gasteiger partial charge in [-0.25, -0.2) is 0 Å². The Morgan fingerprint density at radius 3 is 2.92 bits per heavy atom. The van der Waals surface area contributed by atoms with E-state index in [1.54, 1.807) is 0 Å². The minimum atomic E-state index is 0.243. The van der Waals surface area contributed by atoms with Crippen molar-refractivity contribution in [2.75, 3.05) is 13.2 Å². The van der Waals surface area contributed by atoms with Crippen molar-refractivity contribution in [3.8, 4) is 11.5 Å². The Hall–Kier alpha value is -1.22. The summed E-state index contributed by atoms with van der Waals surface area (Å²) in [6, 6.07) is 5.64. The van der Waals surface area contributed by atoms with Crippen LogP contribution in [-0.2, 0) is 6.54 Å². The lowest BCUT2D eigenvalue weighted by atomic mass is 10.2. The van der Waals surface area contributed by atoms with Crippen LogP contribution in [0.5, 0.6) is 11.5 Å². The topological polar surface area (TPSA) is 42.3 Å². The van der Waals surface area contributed by atoms with Crippen molar-refractivity contribution in [2.45, 2.75) is 6.54 Å². The number of hydrogen-bond acceptors (Lipinski definition) is 2. The molecule has 1 aliphatic heterocycles. The molecule has 3 nitrogen and oxygen atoms in total. The summed E-state index contributed by atoms with van der Waals surface area (Å²) >= 11 is 0. The Kier molecular flexibility index (Phi) is 1.87. The normalized spacial score (nSPS) is 14.4. The molecule has 1 aromatic carbocycles. The molecule has 1 heterocycles. The summed E-state index contributed by atoms with van der Waals surface area (Å²) in [7, 11) is 0. The maximum Gasteiger partial charge on any atom is 0.165 e. The van der Waals surface area contributed by atoms with Gasteiger partial charge in [0.05, 0.1) is 0 Å². The van der Waals surface area contributed by atoms with Gasteiger partial charge in [0.2, 0.25) is 0 Å².